The van der Waals surface area contributed by atoms with Gasteiger partial charge in [0, 0.05) is 6.08 Å². The van der Waals surface area contributed by atoms with E-state index in [0.717, 1.165) is 30.4 Å². The lowest BCUT2D eigenvalue weighted by molar-refractivity contribution is -0.131. The number of carboxylic acid groups (broad SMARTS) is 1. The minimum absolute atomic E-state index is 0.168. The molecule has 2 saturated carbocycles. The van der Waals surface area contributed by atoms with Crippen molar-refractivity contribution in [3.05, 3.63) is 23.8 Å². The third-order valence-electron chi connectivity index (χ3n) is 6.60. The van der Waals surface area contributed by atoms with E-state index in [1.807, 2.05) is 6.92 Å². The number of allylic oxidation sites excluding steroid dienone is 1. The topological polar surface area (TPSA) is 57.5 Å². The molecule has 3 nitrogen and oxygen atoms in total. The molecule has 0 amide bonds. The lowest BCUT2D eigenvalue weighted by atomic mass is 9.46. The zero-order chi connectivity index (χ0) is 17.4. The van der Waals surface area contributed by atoms with Crippen LogP contribution in [0.2, 0.25) is 0 Å². The zero-order valence-corrected chi connectivity index (χ0v) is 15.1. The largest absolute Gasteiger partial charge is 0.478 e. The first-order valence-electron chi connectivity index (χ1n) is 8.85. The van der Waals surface area contributed by atoms with Crippen molar-refractivity contribution < 1.29 is 15.0 Å². The Morgan fingerprint density at radius 2 is 2.00 bits per heavy atom. The summed E-state index contributed by atoms with van der Waals surface area (Å²) >= 11 is 0. The van der Waals surface area contributed by atoms with Gasteiger partial charge in [0.15, 0.2) is 0 Å². The van der Waals surface area contributed by atoms with Crippen LogP contribution in [0.3, 0.4) is 0 Å². The number of fused-ring (bicyclic) bond motifs is 1. The Morgan fingerprint density at radius 1 is 1.35 bits per heavy atom. The number of carboxylic acids is 1. The van der Waals surface area contributed by atoms with Crippen molar-refractivity contribution in [2.24, 2.45) is 22.7 Å². The van der Waals surface area contributed by atoms with Gasteiger partial charge < -0.3 is 10.2 Å². The highest BCUT2D eigenvalue weighted by Gasteiger charge is 2.54. The van der Waals surface area contributed by atoms with Gasteiger partial charge >= 0.3 is 5.97 Å². The van der Waals surface area contributed by atoms with Gasteiger partial charge in [-0.1, -0.05) is 39.3 Å². The lowest BCUT2D eigenvalue weighted by Crippen LogP contribution is -2.52. The Kier molecular flexibility index (Phi) is 5.10. The number of hydrogen-bond donors (Lipinski definition) is 2. The Morgan fingerprint density at radius 3 is 2.61 bits per heavy atom. The van der Waals surface area contributed by atoms with Gasteiger partial charge in [0.05, 0.1) is 6.10 Å². The highest BCUT2D eigenvalue weighted by Crippen LogP contribution is 2.61. The highest BCUT2D eigenvalue weighted by molar-refractivity contribution is 5.80. The van der Waals surface area contributed by atoms with Crippen molar-refractivity contribution in [2.75, 3.05) is 0 Å². The summed E-state index contributed by atoms with van der Waals surface area (Å²) in [5, 5.41) is 19.4. The third-order valence-corrected chi connectivity index (χ3v) is 6.60. The van der Waals surface area contributed by atoms with E-state index in [0.29, 0.717) is 5.92 Å². The van der Waals surface area contributed by atoms with E-state index < -0.39 is 12.1 Å². The maximum Gasteiger partial charge on any atom is 0.328 e. The van der Waals surface area contributed by atoms with Crippen molar-refractivity contribution in [3.63, 3.8) is 0 Å². The minimum Gasteiger partial charge on any atom is -0.478 e. The maximum absolute atomic E-state index is 10.8. The van der Waals surface area contributed by atoms with Gasteiger partial charge in [-0.3, -0.25) is 0 Å². The number of aliphatic hydroxyl groups is 1. The van der Waals surface area contributed by atoms with E-state index in [2.05, 4.69) is 27.4 Å². The van der Waals surface area contributed by atoms with E-state index in [4.69, 9.17) is 5.11 Å². The Labute approximate surface area is 140 Å². The normalized spacial score (nSPS) is 37.3. The molecule has 4 atom stereocenters. The van der Waals surface area contributed by atoms with Gasteiger partial charge in [-0.15, -0.1) is 0 Å². The van der Waals surface area contributed by atoms with Crippen LogP contribution in [0.15, 0.2) is 23.8 Å². The summed E-state index contributed by atoms with van der Waals surface area (Å²) in [6, 6.07) is 0. The minimum atomic E-state index is -0.882. The molecule has 2 fully saturated rings. The molecule has 0 radical (unpaired) electrons. The van der Waals surface area contributed by atoms with E-state index >= 15 is 0 Å². The molecule has 0 heterocycles. The molecule has 3 heteroatoms. The first-order valence-corrected chi connectivity index (χ1v) is 8.85. The van der Waals surface area contributed by atoms with Gasteiger partial charge in [-0.2, -0.15) is 0 Å². The first-order chi connectivity index (χ1) is 10.6. The molecule has 2 aliphatic carbocycles. The van der Waals surface area contributed by atoms with Gasteiger partial charge in [-0.05, 0) is 67.3 Å². The van der Waals surface area contributed by atoms with Crippen LogP contribution in [0.1, 0.15) is 66.2 Å². The second-order valence-corrected chi connectivity index (χ2v) is 8.65. The quantitative estimate of drug-likeness (QED) is 0.589. The van der Waals surface area contributed by atoms with Crippen LogP contribution >= 0.6 is 0 Å². The number of aliphatic hydroxyl groups excluding tert-OH is 1. The lowest BCUT2D eigenvalue weighted by Gasteiger charge is -2.59. The molecule has 4 unspecified atom stereocenters. The smallest absolute Gasteiger partial charge is 0.328 e. The SMILES string of the molecule is C=C1C(O)CC2C(C)(C)CCCC2(C)C1CCC(C)=CC(=O)O. The van der Waals surface area contributed by atoms with Crippen molar-refractivity contribution in [1.82, 2.24) is 0 Å². The molecule has 0 aliphatic heterocycles. The summed E-state index contributed by atoms with van der Waals surface area (Å²) in [6.45, 7) is 13.1. The molecular formula is C20H32O3. The average molecular weight is 320 g/mol. The molecule has 2 rings (SSSR count). The van der Waals surface area contributed by atoms with Crippen LogP contribution in [-0.4, -0.2) is 22.3 Å². The first kappa shape index (κ1) is 18.3. The van der Waals surface area contributed by atoms with Crippen LogP contribution in [0.4, 0.5) is 0 Å². The van der Waals surface area contributed by atoms with E-state index in [9.17, 15) is 9.90 Å². The van der Waals surface area contributed by atoms with Crippen LogP contribution in [0.25, 0.3) is 0 Å². The molecule has 130 valence electrons. The number of aliphatic carboxylic acids is 1. The molecule has 23 heavy (non-hydrogen) atoms. The molecule has 0 aromatic carbocycles. The summed E-state index contributed by atoms with van der Waals surface area (Å²) in [5.41, 5.74) is 2.27. The third kappa shape index (κ3) is 3.55. The second kappa shape index (κ2) is 6.43. The predicted octanol–water partition coefficient (Wildman–Crippen LogP) is 4.57. The van der Waals surface area contributed by atoms with Crippen LogP contribution < -0.4 is 0 Å². The standard InChI is InChI=1S/C20H32O3/c1-13(11-18(22)23)7-8-15-14(2)16(21)12-17-19(3,4)9-6-10-20(15,17)5/h11,15-17,21H,2,6-10,12H2,1,3-5H3,(H,22,23). The molecule has 0 aromatic rings. The molecule has 0 saturated heterocycles. The average Bonchev–Trinajstić information content (AvgIpc) is 2.40. The maximum atomic E-state index is 10.8. The van der Waals surface area contributed by atoms with Crippen molar-refractivity contribution in [3.8, 4) is 0 Å². The van der Waals surface area contributed by atoms with Crippen molar-refractivity contribution in [1.29, 1.82) is 0 Å². The Bertz CT molecular complexity index is 517. The van der Waals surface area contributed by atoms with Crippen molar-refractivity contribution >= 4 is 5.97 Å². The molecule has 0 spiro atoms. The number of rotatable bonds is 4. The monoisotopic (exact) mass is 320 g/mol. The summed E-state index contributed by atoms with van der Waals surface area (Å²) in [6.07, 6.45) is 6.97. The summed E-state index contributed by atoms with van der Waals surface area (Å²) in [7, 11) is 0. The Balaban J connectivity index is 2.24. The van der Waals surface area contributed by atoms with Gasteiger partial charge in [-0.25, -0.2) is 4.79 Å². The summed E-state index contributed by atoms with van der Waals surface area (Å²) in [5.74, 6) is -0.112. The van der Waals surface area contributed by atoms with E-state index in [1.165, 1.54) is 25.3 Å². The molecule has 0 aromatic heterocycles. The molecular weight excluding hydrogens is 288 g/mol. The second-order valence-electron chi connectivity index (χ2n) is 8.65. The predicted molar refractivity (Wildman–Crippen MR) is 93.1 cm³/mol. The highest BCUT2D eigenvalue weighted by atomic mass is 16.4. The Hall–Kier alpha value is -1.09. The van der Waals surface area contributed by atoms with Crippen LogP contribution in [0.5, 0.6) is 0 Å². The van der Waals surface area contributed by atoms with Gasteiger partial charge in [0.1, 0.15) is 0 Å². The summed E-state index contributed by atoms with van der Waals surface area (Å²) in [4.78, 5) is 10.8. The molecule has 0 bridgehead atoms. The summed E-state index contributed by atoms with van der Waals surface area (Å²) < 4.78 is 0. The molecule has 2 N–H and O–H groups in total. The number of carbonyl (C=O) groups is 1. The van der Waals surface area contributed by atoms with Crippen LogP contribution in [0, 0.1) is 22.7 Å². The van der Waals surface area contributed by atoms with E-state index in [-0.39, 0.29) is 16.7 Å². The van der Waals surface area contributed by atoms with Gasteiger partial charge in [0.25, 0.3) is 0 Å². The zero-order valence-electron chi connectivity index (χ0n) is 15.1. The number of hydrogen-bond acceptors (Lipinski definition) is 2. The fraction of sp³-hybridized carbons (Fsp3) is 0.750. The molecule has 2 aliphatic rings. The fourth-order valence-electron chi connectivity index (χ4n) is 5.37. The van der Waals surface area contributed by atoms with Crippen molar-refractivity contribution in [2.45, 2.75) is 72.3 Å². The van der Waals surface area contributed by atoms with Gasteiger partial charge in [0.2, 0.25) is 0 Å². The van der Waals surface area contributed by atoms with E-state index in [1.54, 1.807) is 0 Å². The fourth-order valence-corrected chi connectivity index (χ4v) is 5.37. The van der Waals surface area contributed by atoms with Crippen LogP contribution in [-0.2, 0) is 4.79 Å².